The summed E-state index contributed by atoms with van der Waals surface area (Å²) in [5.41, 5.74) is 3.74. The molecule has 1 nitrogen and oxygen atoms in total. The van der Waals surface area contributed by atoms with Crippen LogP contribution in [0.1, 0.15) is 37.7 Å². The van der Waals surface area contributed by atoms with Crippen molar-refractivity contribution < 1.29 is 0 Å². The topological polar surface area (TPSA) is 4.93 Å². The molecule has 0 saturated heterocycles. The monoisotopic (exact) mass is 251 g/mol. The van der Waals surface area contributed by atoms with E-state index in [0.29, 0.717) is 0 Å². The van der Waals surface area contributed by atoms with Gasteiger partial charge in [-0.2, -0.15) is 0 Å². The summed E-state index contributed by atoms with van der Waals surface area (Å²) in [4.78, 5) is 0. The van der Waals surface area contributed by atoms with Gasteiger partial charge in [-0.15, -0.1) is 6.42 Å². The third-order valence-corrected chi connectivity index (χ3v) is 3.36. The highest BCUT2D eigenvalue weighted by Gasteiger charge is 2.19. The molecule has 0 aliphatic carbocycles. The lowest BCUT2D eigenvalue weighted by atomic mass is 9.92. The van der Waals surface area contributed by atoms with E-state index < -0.39 is 0 Å². The normalized spacial score (nSPS) is 11.3. The van der Waals surface area contributed by atoms with E-state index in [1.54, 1.807) is 0 Å². The fourth-order valence-electron chi connectivity index (χ4n) is 2.37. The van der Waals surface area contributed by atoms with E-state index in [-0.39, 0.29) is 5.41 Å². The zero-order valence-electron chi connectivity index (χ0n) is 12.0. The van der Waals surface area contributed by atoms with Crippen LogP contribution in [0.5, 0.6) is 0 Å². The fraction of sp³-hybridized carbons (Fsp3) is 0.333. The minimum atomic E-state index is 0.117. The highest BCUT2D eigenvalue weighted by Crippen LogP contribution is 2.25. The summed E-state index contributed by atoms with van der Waals surface area (Å²) in [5, 5.41) is 0. The van der Waals surface area contributed by atoms with Crippen LogP contribution in [-0.4, -0.2) is 4.57 Å². The molecule has 1 aromatic carbocycles. The maximum atomic E-state index is 5.61. The molecule has 2 aromatic rings. The molecule has 0 radical (unpaired) electrons. The minimum Gasteiger partial charge on any atom is -0.337 e. The van der Waals surface area contributed by atoms with Gasteiger partial charge in [0.1, 0.15) is 0 Å². The van der Waals surface area contributed by atoms with Gasteiger partial charge in [0.05, 0.1) is 5.69 Å². The molecule has 0 aliphatic rings. The molecule has 0 fully saturated rings. The minimum absolute atomic E-state index is 0.117. The summed E-state index contributed by atoms with van der Waals surface area (Å²) in [5.74, 6) is 2.79. The van der Waals surface area contributed by atoms with Gasteiger partial charge in [0.2, 0.25) is 0 Å². The molecule has 19 heavy (non-hydrogen) atoms. The Labute approximate surface area is 116 Å². The van der Waals surface area contributed by atoms with Crippen molar-refractivity contribution in [1.29, 1.82) is 0 Å². The molecule has 0 amide bonds. The Kier molecular flexibility index (Phi) is 3.81. The molecule has 0 bridgehead atoms. The van der Waals surface area contributed by atoms with Crippen LogP contribution in [0.4, 0.5) is 0 Å². The average molecular weight is 251 g/mol. The van der Waals surface area contributed by atoms with Gasteiger partial charge in [-0.05, 0) is 24.1 Å². The molecular weight excluding hydrogens is 230 g/mol. The van der Waals surface area contributed by atoms with E-state index in [4.69, 9.17) is 6.42 Å². The van der Waals surface area contributed by atoms with Crippen molar-refractivity contribution in [3.63, 3.8) is 0 Å². The summed E-state index contributed by atoms with van der Waals surface area (Å²) in [6.07, 6.45) is 6.61. The highest BCUT2D eigenvalue weighted by atomic mass is 15.0. The Morgan fingerprint density at radius 2 is 1.74 bits per heavy atom. The zero-order valence-corrected chi connectivity index (χ0v) is 12.0. The number of terminal acetylenes is 1. The van der Waals surface area contributed by atoms with Crippen LogP contribution in [0, 0.1) is 12.3 Å². The quantitative estimate of drug-likeness (QED) is 0.726. The molecule has 0 atom stereocenters. The van der Waals surface area contributed by atoms with E-state index in [2.05, 4.69) is 61.6 Å². The van der Waals surface area contributed by atoms with Crippen molar-refractivity contribution in [2.24, 2.45) is 0 Å². The first-order chi connectivity index (χ1) is 9.02. The van der Waals surface area contributed by atoms with E-state index >= 15 is 0 Å². The van der Waals surface area contributed by atoms with Crippen molar-refractivity contribution in [3.8, 4) is 12.3 Å². The Morgan fingerprint density at radius 3 is 2.32 bits per heavy atom. The fourth-order valence-corrected chi connectivity index (χ4v) is 2.37. The molecule has 1 heterocycles. The van der Waals surface area contributed by atoms with Gasteiger partial charge in [0.25, 0.3) is 0 Å². The molecular formula is C18H21N. The summed E-state index contributed by atoms with van der Waals surface area (Å²) in [6, 6.07) is 14.7. The standard InChI is InChI=1S/C18H21N/c1-5-16-11-12-17(18(2,3)4)19(16)14-13-15-9-7-6-8-10-15/h1,6-12H,13-14H2,2-4H3. The number of nitrogens with zero attached hydrogens (tertiary/aromatic N) is 1. The molecule has 98 valence electrons. The molecule has 1 aromatic heterocycles. The predicted molar refractivity (Wildman–Crippen MR) is 81.2 cm³/mol. The first kappa shape index (κ1) is 13.5. The molecule has 0 N–H and O–H groups in total. The second-order valence-electron chi connectivity index (χ2n) is 5.89. The molecule has 2 rings (SSSR count). The molecule has 0 unspecified atom stereocenters. The lowest BCUT2D eigenvalue weighted by Gasteiger charge is -2.22. The lowest BCUT2D eigenvalue weighted by molar-refractivity contribution is 0.514. The van der Waals surface area contributed by atoms with Crippen molar-refractivity contribution in [2.45, 2.75) is 39.2 Å². The van der Waals surface area contributed by atoms with E-state index in [1.807, 2.05) is 12.1 Å². The van der Waals surface area contributed by atoms with Crippen LogP contribution >= 0.6 is 0 Å². The third kappa shape index (κ3) is 3.09. The molecule has 1 heteroatoms. The molecule has 0 spiro atoms. The molecule has 0 saturated carbocycles. The van der Waals surface area contributed by atoms with Gasteiger partial charge in [-0.3, -0.25) is 0 Å². The number of benzene rings is 1. The van der Waals surface area contributed by atoms with Crippen molar-refractivity contribution >= 4 is 0 Å². The van der Waals surface area contributed by atoms with E-state index in [1.165, 1.54) is 11.3 Å². The van der Waals surface area contributed by atoms with Crippen LogP contribution in [0.15, 0.2) is 42.5 Å². The second kappa shape index (κ2) is 5.36. The maximum absolute atomic E-state index is 5.61. The summed E-state index contributed by atoms with van der Waals surface area (Å²) >= 11 is 0. The third-order valence-electron chi connectivity index (χ3n) is 3.36. The number of rotatable bonds is 3. The average Bonchev–Trinajstić information content (AvgIpc) is 2.80. The van der Waals surface area contributed by atoms with E-state index in [0.717, 1.165) is 18.7 Å². The highest BCUT2D eigenvalue weighted by molar-refractivity contribution is 5.33. The first-order valence-corrected chi connectivity index (χ1v) is 6.73. The Hall–Kier alpha value is -1.94. The van der Waals surface area contributed by atoms with E-state index in [9.17, 15) is 0 Å². The smallest absolute Gasteiger partial charge is 0.0919 e. The largest absolute Gasteiger partial charge is 0.337 e. The van der Waals surface area contributed by atoms with Crippen LogP contribution in [0.2, 0.25) is 0 Å². The summed E-state index contributed by atoms with van der Waals surface area (Å²) in [7, 11) is 0. The lowest BCUT2D eigenvalue weighted by Crippen LogP contribution is -2.19. The van der Waals surface area contributed by atoms with Gasteiger partial charge in [-0.25, -0.2) is 0 Å². The van der Waals surface area contributed by atoms with Crippen LogP contribution in [0.25, 0.3) is 0 Å². The first-order valence-electron chi connectivity index (χ1n) is 6.73. The number of hydrogen-bond acceptors (Lipinski definition) is 0. The van der Waals surface area contributed by atoms with Crippen molar-refractivity contribution in [3.05, 3.63) is 59.4 Å². The number of hydrogen-bond donors (Lipinski definition) is 0. The van der Waals surface area contributed by atoms with Gasteiger partial charge in [0, 0.05) is 17.7 Å². The second-order valence-corrected chi connectivity index (χ2v) is 5.89. The summed E-state index contributed by atoms with van der Waals surface area (Å²) in [6.45, 7) is 7.61. The van der Waals surface area contributed by atoms with Gasteiger partial charge >= 0.3 is 0 Å². The van der Waals surface area contributed by atoms with Crippen LogP contribution in [0.3, 0.4) is 0 Å². The predicted octanol–water partition coefficient (Wildman–Crippen LogP) is 4.01. The van der Waals surface area contributed by atoms with Crippen molar-refractivity contribution in [2.75, 3.05) is 0 Å². The number of aromatic nitrogens is 1. The Morgan fingerprint density at radius 1 is 1.05 bits per heavy atom. The SMILES string of the molecule is C#Cc1ccc(C(C)(C)C)n1CCc1ccccc1. The van der Waals surface area contributed by atoms with Crippen LogP contribution in [-0.2, 0) is 18.4 Å². The number of aryl methyl sites for hydroxylation is 1. The van der Waals surface area contributed by atoms with Gasteiger partial charge in [-0.1, -0.05) is 57.0 Å². The van der Waals surface area contributed by atoms with Crippen molar-refractivity contribution in [1.82, 2.24) is 4.57 Å². The van der Waals surface area contributed by atoms with Gasteiger partial charge < -0.3 is 4.57 Å². The Bertz CT molecular complexity index is 576. The zero-order chi connectivity index (χ0) is 13.9. The Balaban J connectivity index is 2.24. The van der Waals surface area contributed by atoms with Gasteiger partial charge in [0.15, 0.2) is 0 Å². The maximum Gasteiger partial charge on any atom is 0.0919 e. The summed E-state index contributed by atoms with van der Waals surface area (Å²) < 4.78 is 2.27. The van der Waals surface area contributed by atoms with Crippen LogP contribution < -0.4 is 0 Å². The molecule has 0 aliphatic heterocycles.